The maximum Gasteiger partial charge on any atom is 0.134 e. The summed E-state index contributed by atoms with van der Waals surface area (Å²) < 4.78 is 0. The van der Waals surface area contributed by atoms with E-state index in [2.05, 4.69) is 34.3 Å². The molecule has 0 aliphatic carbocycles. The number of nitrogens with one attached hydrogen (secondary N) is 1. The van der Waals surface area contributed by atoms with Crippen molar-refractivity contribution in [2.45, 2.75) is 13.0 Å². The highest BCUT2D eigenvalue weighted by atomic mass is 32.1. The average Bonchev–Trinajstić information content (AvgIpc) is 2.93. The molecule has 1 atom stereocenters. The molecule has 3 aromatic rings. The Bertz CT molecular complexity index is 644. The van der Waals surface area contributed by atoms with Gasteiger partial charge in [0.1, 0.15) is 10.8 Å². The van der Waals surface area contributed by atoms with Crippen LogP contribution in [0.15, 0.2) is 48.1 Å². The van der Waals surface area contributed by atoms with Crippen LogP contribution in [0.4, 0.5) is 5.82 Å². The molecule has 18 heavy (non-hydrogen) atoms. The van der Waals surface area contributed by atoms with Gasteiger partial charge in [0.2, 0.25) is 0 Å². The molecule has 1 unspecified atom stereocenters. The standard InChI is InChI=1S/C14H13N3S/c1-10(14-16-8-9-18-14)17-13-12-5-3-2-4-11(12)6-7-15-13/h2-10H,1H3,(H,15,17). The van der Waals surface area contributed by atoms with Crippen molar-refractivity contribution in [1.82, 2.24) is 9.97 Å². The van der Waals surface area contributed by atoms with E-state index in [1.54, 1.807) is 11.3 Å². The zero-order chi connectivity index (χ0) is 12.4. The van der Waals surface area contributed by atoms with Crippen molar-refractivity contribution < 1.29 is 0 Å². The third kappa shape index (κ3) is 2.07. The van der Waals surface area contributed by atoms with Gasteiger partial charge in [0.05, 0.1) is 6.04 Å². The molecule has 0 aliphatic heterocycles. The van der Waals surface area contributed by atoms with Crippen molar-refractivity contribution in [3.05, 3.63) is 53.1 Å². The predicted octanol–water partition coefficient (Wildman–Crippen LogP) is 3.86. The molecule has 2 aromatic heterocycles. The van der Waals surface area contributed by atoms with E-state index < -0.39 is 0 Å². The van der Waals surface area contributed by atoms with Gasteiger partial charge in [-0.25, -0.2) is 9.97 Å². The number of nitrogens with zero attached hydrogens (tertiary/aromatic N) is 2. The average molecular weight is 255 g/mol. The Labute approximate surface area is 110 Å². The number of benzene rings is 1. The minimum absolute atomic E-state index is 0.170. The van der Waals surface area contributed by atoms with Crippen molar-refractivity contribution in [3.8, 4) is 0 Å². The highest BCUT2D eigenvalue weighted by molar-refractivity contribution is 7.09. The summed E-state index contributed by atoms with van der Waals surface area (Å²) in [5.74, 6) is 0.913. The Balaban J connectivity index is 1.95. The minimum Gasteiger partial charge on any atom is -0.361 e. The van der Waals surface area contributed by atoms with E-state index in [0.717, 1.165) is 16.2 Å². The first-order valence-electron chi connectivity index (χ1n) is 5.84. The van der Waals surface area contributed by atoms with Gasteiger partial charge in [-0.05, 0) is 18.4 Å². The lowest BCUT2D eigenvalue weighted by atomic mass is 10.1. The van der Waals surface area contributed by atoms with E-state index >= 15 is 0 Å². The molecule has 0 saturated carbocycles. The topological polar surface area (TPSA) is 37.8 Å². The summed E-state index contributed by atoms with van der Waals surface area (Å²) in [4.78, 5) is 8.74. The summed E-state index contributed by atoms with van der Waals surface area (Å²) in [6.45, 7) is 2.10. The third-order valence-electron chi connectivity index (χ3n) is 2.85. The number of rotatable bonds is 3. The molecule has 0 amide bonds. The molecule has 4 heteroatoms. The van der Waals surface area contributed by atoms with Crippen molar-refractivity contribution >= 4 is 27.9 Å². The van der Waals surface area contributed by atoms with E-state index in [1.165, 1.54) is 5.39 Å². The fraction of sp³-hybridized carbons (Fsp3) is 0.143. The van der Waals surface area contributed by atoms with E-state index in [4.69, 9.17) is 0 Å². The van der Waals surface area contributed by atoms with Gasteiger partial charge < -0.3 is 5.32 Å². The molecular weight excluding hydrogens is 242 g/mol. The van der Waals surface area contributed by atoms with Crippen LogP contribution in [0.5, 0.6) is 0 Å². The van der Waals surface area contributed by atoms with Crippen molar-refractivity contribution in [2.75, 3.05) is 5.32 Å². The molecule has 1 N–H and O–H groups in total. The number of hydrogen-bond donors (Lipinski definition) is 1. The number of hydrogen-bond acceptors (Lipinski definition) is 4. The number of fused-ring (bicyclic) bond motifs is 1. The van der Waals surface area contributed by atoms with Crippen LogP contribution in [-0.4, -0.2) is 9.97 Å². The molecule has 0 saturated heterocycles. The van der Waals surface area contributed by atoms with Crippen LogP contribution < -0.4 is 5.32 Å². The van der Waals surface area contributed by atoms with Crippen LogP contribution in [-0.2, 0) is 0 Å². The lowest BCUT2D eigenvalue weighted by molar-refractivity contribution is 0.863. The lowest BCUT2D eigenvalue weighted by Gasteiger charge is -2.13. The van der Waals surface area contributed by atoms with E-state index in [1.807, 2.05) is 36.0 Å². The maximum atomic E-state index is 4.42. The Morgan fingerprint density at radius 1 is 1.11 bits per heavy atom. The highest BCUT2D eigenvalue weighted by Crippen LogP contribution is 2.25. The molecule has 90 valence electrons. The number of thiazole rings is 1. The SMILES string of the molecule is CC(Nc1nccc2ccccc12)c1nccs1. The molecule has 2 heterocycles. The van der Waals surface area contributed by atoms with Gasteiger partial charge in [0.25, 0.3) is 0 Å². The first-order valence-corrected chi connectivity index (χ1v) is 6.72. The van der Waals surface area contributed by atoms with Gasteiger partial charge in [-0.2, -0.15) is 0 Å². The molecule has 3 rings (SSSR count). The first-order chi connectivity index (χ1) is 8.84. The van der Waals surface area contributed by atoms with Crippen LogP contribution in [0.2, 0.25) is 0 Å². The van der Waals surface area contributed by atoms with Crippen LogP contribution in [0, 0.1) is 0 Å². The maximum absolute atomic E-state index is 4.42. The van der Waals surface area contributed by atoms with Crippen molar-refractivity contribution in [3.63, 3.8) is 0 Å². The molecule has 0 radical (unpaired) electrons. The Morgan fingerprint density at radius 2 is 2.00 bits per heavy atom. The predicted molar refractivity (Wildman–Crippen MR) is 75.9 cm³/mol. The number of anilines is 1. The van der Waals surface area contributed by atoms with E-state index in [9.17, 15) is 0 Å². The summed E-state index contributed by atoms with van der Waals surface area (Å²) in [5.41, 5.74) is 0. The fourth-order valence-corrected chi connectivity index (χ4v) is 2.60. The molecule has 0 aliphatic rings. The molecule has 3 nitrogen and oxygen atoms in total. The summed E-state index contributed by atoms with van der Waals surface area (Å²) in [6.07, 6.45) is 3.66. The molecular formula is C14H13N3S. The largest absolute Gasteiger partial charge is 0.361 e. The summed E-state index contributed by atoms with van der Waals surface area (Å²) in [5, 5.41) is 8.83. The van der Waals surface area contributed by atoms with E-state index in [-0.39, 0.29) is 6.04 Å². The Morgan fingerprint density at radius 3 is 2.83 bits per heavy atom. The molecule has 0 fully saturated rings. The quantitative estimate of drug-likeness (QED) is 0.772. The molecule has 0 spiro atoms. The molecule has 1 aromatic carbocycles. The first kappa shape index (κ1) is 11.2. The van der Waals surface area contributed by atoms with Gasteiger partial charge in [-0.15, -0.1) is 11.3 Å². The Hall–Kier alpha value is -1.94. The number of pyridine rings is 1. The van der Waals surface area contributed by atoms with Gasteiger partial charge in [0.15, 0.2) is 0 Å². The summed E-state index contributed by atoms with van der Waals surface area (Å²) in [6, 6.07) is 10.4. The van der Waals surface area contributed by atoms with Gasteiger partial charge in [0, 0.05) is 23.2 Å². The fourth-order valence-electron chi connectivity index (χ4n) is 1.95. The van der Waals surface area contributed by atoms with Gasteiger partial charge >= 0.3 is 0 Å². The van der Waals surface area contributed by atoms with Crippen LogP contribution in [0.3, 0.4) is 0 Å². The van der Waals surface area contributed by atoms with Crippen LogP contribution in [0.1, 0.15) is 18.0 Å². The monoisotopic (exact) mass is 255 g/mol. The second-order valence-corrected chi connectivity index (χ2v) is 5.04. The minimum atomic E-state index is 0.170. The second-order valence-electron chi connectivity index (χ2n) is 4.12. The Kier molecular flexibility index (Phi) is 2.94. The summed E-state index contributed by atoms with van der Waals surface area (Å²) >= 11 is 1.65. The zero-order valence-electron chi connectivity index (χ0n) is 10.00. The smallest absolute Gasteiger partial charge is 0.134 e. The normalized spacial score (nSPS) is 12.5. The highest BCUT2D eigenvalue weighted by Gasteiger charge is 2.10. The van der Waals surface area contributed by atoms with Crippen molar-refractivity contribution in [1.29, 1.82) is 0 Å². The van der Waals surface area contributed by atoms with Crippen LogP contribution >= 0.6 is 11.3 Å². The molecule has 0 bridgehead atoms. The van der Waals surface area contributed by atoms with Gasteiger partial charge in [-0.3, -0.25) is 0 Å². The van der Waals surface area contributed by atoms with Crippen LogP contribution in [0.25, 0.3) is 10.8 Å². The zero-order valence-corrected chi connectivity index (χ0v) is 10.8. The summed E-state index contributed by atoms with van der Waals surface area (Å²) in [7, 11) is 0. The lowest BCUT2D eigenvalue weighted by Crippen LogP contribution is -2.07. The van der Waals surface area contributed by atoms with Gasteiger partial charge in [-0.1, -0.05) is 24.3 Å². The van der Waals surface area contributed by atoms with E-state index in [0.29, 0.717) is 0 Å². The van der Waals surface area contributed by atoms with Crippen molar-refractivity contribution in [2.24, 2.45) is 0 Å². The number of aromatic nitrogens is 2. The third-order valence-corrected chi connectivity index (χ3v) is 3.81. The second kappa shape index (κ2) is 4.74.